The number of aliphatic hydroxyl groups is 1. The molecule has 1 heterocycles. The normalized spacial score (nSPS) is 12.6. The lowest BCUT2D eigenvalue weighted by Gasteiger charge is -2.15. The molecule has 10 heteroatoms. The molecule has 2 aromatic rings. The molecular weight excluding hydrogens is 420 g/mol. The van der Waals surface area contributed by atoms with Crippen molar-refractivity contribution in [1.29, 1.82) is 0 Å². The van der Waals surface area contributed by atoms with Crippen LogP contribution in [0.1, 0.15) is 23.2 Å². The third kappa shape index (κ3) is 9.33. The van der Waals surface area contributed by atoms with Crippen LogP contribution in [0.5, 0.6) is 5.75 Å². The number of nitrogens with one attached hydrogen (secondary N) is 2. The summed E-state index contributed by atoms with van der Waals surface area (Å²) in [5.74, 6) is 4.25. The van der Waals surface area contributed by atoms with Crippen molar-refractivity contribution in [2.75, 3.05) is 40.0 Å². The molecule has 1 aromatic heterocycles. The molecule has 1 unspecified atom stereocenters. The Morgan fingerprint density at radius 1 is 1.26 bits per heavy atom. The Labute approximate surface area is 186 Å². The SMILES string of the molecule is COc1ccc(C(O)CN/C(=C\[N+](=O)[O-])NCCSCc2ccc(CN(C)C)o2)cc1. The molecule has 2 rings (SSSR count). The van der Waals surface area contributed by atoms with Crippen LogP contribution >= 0.6 is 11.8 Å². The maximum atomic E-state index is 10.9. The van der Waals surface area contributed by atoms with Crippen molar-refractivity contribution in [3.05, 3.63) is 75.6 Å². The summed E-state index contributed by atoms with van der Waals surface area (Å²) in [5.41, 5.74) is 0.691. The number of aliphatic hydroxyl groups excluding tert-OH is 1. The van der Waals surface area contributed by atoms with Gasteiger partial charge in [-0.2, -0.15) is 11.8 Å². The van der Waals surface area contributed by atoms with Crippen molar-refractivity contribution in [3.63, 3.8) is 0 Å². The minimum atomic E-state index is -0.812. The molecule has 0 bridgehead atoms. The highest BCUT2D eigenvalue weighted by atomic mass is 32.2. The molecule has 0 amide bonds. The number of hydrogen-bond donors (Lipinski definition) is 3. The van der Waals surface area contributed by atoms with E-state index in [-0.39, 0.29) is 12.4 Å². The highest BCUT2D eigenvalue weighted by molar-refractivity contribution is 7.98. The molecule has 3 N–H and O–H groups in total. The zero-order valence-corrected chi connectivity index (χ0v) is 18.9. The number of nitrogens with zero attached hydrogens (tertiary/aromatic N) is 2. The predicted molar refractivity (Wildman–Crippen MR) is 121 cm³/mol. The molecule has 0 spiro atoms. The molecule has 31 heavy (non-hydrogen) atoms. The Morgan fingerprint density at radius 2 is 1.97 bits per heavy atom. The summed E-state index contributed by atoms with van der Waals surface area (Å²) < 4.78 is 10.9. The Balaban J connectivity index is 1.74. The maximum Gasteiger partial charge on any atom is 0.274 e. The standard InChI is InChI=1S/C21H30N4O5S/c1-24(2)13-18-8-9-19(30-18)15-31-11-10-22-21(14-25(27)28)23-12-20(26)16-4-6-17(29-3)7-5-16/h4-9,14,20,22-23,26H,10-13,15H2,1-3H3/b21-14-. The fourth-order valence-corrected chi connectivity index (χ4v) is 3.48. The van der Waals surface area contributed by atoms with Gasteiger partial charge >= 0.3 is 0 Å². The van der Waals surface area contributed by atoms with Crippen LogP contribution in [0.4, 0.5) is 0 Å². The topological polar surface area (TPSA) is 113 Å². The lowest BCUT2D eigenvalue weighted by molar-refractivity contribution is -0.404. The Bertz CT molecular complexity index is 839. The summed E-state index contributed by atoms with van der Waals surface area (Å²) in [5, 5.41) is 27.1. The van der Waals surface area contributed by atoms with E-state index < -0.39 is 11.0 Å². The van der Waals surface area contributed by atoms with Crippen LogP contribution in [-0.4, -0.2) is 55.0 Å². The van der Waals surface area contributed by atoms with Gasteiger partial charge in [0.15, 0.2) is 5.82 Å². The van der Waals surface area contributed by atoms with Crippen molar-refractivity contribution in [2.45, 2.75) is 18.4 Å². The number of benzene rings is 1. The smallest absolute Gasteiger partial charge is 0.274 e. The molecule has 0 fully saturated rings. The first kappa shape index (κ1) is 24.6. The van der Waals surface area contributed by atoms with Crippen molar-refractivity contribution in [1.82, 2.24) is 15.5 Å². The summed E-state index contributed by atoms with van der Waals surface area (Å²) in [6.07, 6.45) is 0.0541. The lowest BCUT2D eigenvalue weighted by Crippen LogP contribution is -2.31. The average Bonchev–Trinajstić information content (AvgIpc) is 3.17. The number of thioether (sulfide) groups is 1. The number of rotatable bonds is 14. The Morgan fingerprint density at radius 3 is 2.61 bits per heavy atom. The Kier molecular flexibility index (Phi) is 10.2. The molecular formula is C21H30N4O5S. The monoisotopic (exact) mass is 450 g/mol. The van der Waals surface area contributed by atoms with Gasteiger partial charge in [0.25, 0.3) is 6.20 Å². The maximum absolute atomic E-state index is 10.9. The second-order valence-corrected chi connectivity index (χ2v) is 8.19. The fourth-order valence-electron chi connectivity index (χ4n) is 2.74. The third-order valence-corrected chi connectivity index (χ3v) is 5.20. The van der Waals surface area contributed by atoms with Gasteiger partial charge in [-0.05, 0) is 43.9 Å². The van der Waals surface area contributed by atoms with E-state index in [0.29, 0.717) is 17.9 Å². The van der Waals surface area contributed by atoms with Crippen LogP contribution in [0.25, 0.3) is 0 Å². The first-order valence-electron chi connectivity index (χ1n) is 9.82. The quantitative estimate of drug-likeness (QED) is 0.227. The van der Waals surface area contributed by atoms with E-state index in [4.69, 9.17) is 9.15 Å². The van der Waals surface area contributed by atoms with E-state index in [9.17, 15) is 15.2 Å². The first-order chi connectivity index (χ1) is 14.9. The molecule has 9 nitrogen and oxygen atoms in total. The molecule has 1 aromatic carbocycles. The molecule has 170 valence electrons. The Hall–Kier alpha value is -2.69. The summed E-state index contributed by atoms with van der Waals surface area (Å²) in [7, 11) is 5.55. The molecule has 0 aliphatic rings. The van der Waals surface area contributed by atoms with E-state index in [1.54, 1.807) is 43.1 Å². The van der Waals surface area contributed by atoms with Crippen molar-refractivity contribution < 1.29 is 19.2 Å². The van der Waals surface area contributed by atoms with Crippen LogP contribution in [0.3, 0.4) is 0 Å². The fraction of sp³-hybridized carbons (Fsp3) is 0.429. The molecule has 0 aliphatic heterocycles. The van der Waals surface area contributed by atoms with Gasteiger partial charge in [0.1, 0.15) is 17.3 Å². The molecule has 1 atom stereocenters. The third-order valence-electron chi connectivity index (χ3n) is 4.22. The lowest BCUT2D eigenvalue weighted by atomic mass is 10.1. The zero-order valence-electron chi connectivity index (χ0n) is 18.0. The highest BCUT2D eigenvalue weighted by Crippen LogP contribution is 2.18. The van der Waals surface area contributed by atoms with Crippen LogP contribution in [0.2, 0.25) is 0 Å². The van der Waals surface area contributed by atoms with Crippen LogP contribution < -0.4 is 15.4 Å². The highest BCUT2D eigenvalue weighted by Gasteiger charge is 2.10. The minimum Gasteiger partial charge on any atom is -0.497 e. The van der Waals surface area contributed by atoms with E-state index in [1.807, 2.05) is 31.1 Å². The largest absolute Gasteiger partial charge is 0.497 e. The number of ether oxygens (including phenoxy) is 1. The van der Waals surface area contributed by atoms with Gasteiger partial charge < -0.3 is 29.8 Å². The molecule has 0 aliphatic carbocycles. The minimum absolute atomic E-state index is 0.132. The van der Waals surface area contributed by atoms with E-state index in [0.717, 1.165) is 35.8 Å². The van der Waals surface area contributed by atoms with Crippen LogP contribution in [0.15, 0.2) is 52.8 Å². The van der Waals surface area contributed by atoms with Gasteiger partial charge in [-0.3, -0.25) is 10.1 Å². The predicted octanol–water partition coefficient (Wildman–Crippen LogP) is 2.57. The molecule has 0 saturated heterocycles. The van der Waals surface area contributed by atoms with Gasteiger partial charge in [0, 0.05) is 18.8 Å². The van der Waals surface area contributed by atoms with Gasteiger partial charge in [0.2, 0.25) is 0 Å². The van der Waals surface area contributed by atoms with Crippen molar-refractivity contribution in [2.24, 2.45) is 0 Å². The first-order valence-corrected chi connectivity index (χ1v) is 11.0. The van der Waals surface area contributed by atoms with Crippen LogP contribution in [0, 0.1) is 10.1 Å². The van der Waals surface area contributed by atoms with Gasteiger partial charge in [-0.15, -0.1) is 0 Å². The van der Waals surface area contributed by atoms with E-state index >= 15 is 0 Å². The number of hydrogen-bond acceptors (Lipinski definition) is 9. The summed E-state index contributed by atoms with van der Waals surface area (Å²) in [6.45, 7) is 1.42. The second-order valence-electron chi connectivity index (χ2n) is 7.08. The number of methoxy groups -OCH3 is 1. The molecule has 0 saturated carbocycles. The van der Waals surface area contributed by atoms with Crippen LogP contribution in [-0.2, 0) is 12.3 Å². The summed E-state index contributed by atoms with van der Waals surface area (Å²) in [4.78, 5) is 12.4. The van der Waals surface area contributed by atoms with Gasteiger partial charge in [0.05, 0.1) is 30.4 Å². The van der Waals surface area contributed by atoms with Crippen molar-refractivity contribution >= 4 is 11.8 Å². The van der Waals surface area contributed by atoms with Gasteiger partial charge in [-0.25, -0.2) is 0 Å². The van der Waals surface area contributed by atoms with Crippen molar-refractivity contribution in [3.8, 4) is 5.75 Å². The summed E-state index contributed by atoms with van der Waals surface area (Å²) >= 11 is 1.67. The zero-order chi connectivity index (χ0) is 22.6. The average molecular weight is 451 g/mol. The van der Waals surface area contributed by atoms with Gasteiger partial charge in [-0.1, -0.05) is 12.1 Å². The summed E-state index contributed by atoms with van der Waals surface area (Å²) in [6, 6.07) is 11.0. The van der Waals surface area contributed by atoms with E-state index in [2.05, 4.69) is 10.6 Å². The molecule has 0 radical (unpaired) electrons. The number of furan rings is 1. The van der Waals surface area contributed by atoms with E-state index in [1.165, 1.54) is 0 Å². The second kappa shape index (κ2) is 12.9. The number of nitro groups is 1.